The summed E-state index contributed by atoms with van der Waals surface area (Å²) in [5.41, 5.74) is 1.65. The van der Waals surface area contributed by atoms with E-state index in [2.05, 4.69) is 15.6 Å². The molecule has 11 heteroatoms. The summed E-state index contributed by atoms with van der Waals surface area (Å²) in [5, 5.41) is 5.42. The highest BCUT2D eigenvalue weighted by Gasteiger charge is 2.20. The van der Waals surface area contributed by atoms with Crippen molar-refractivity contribution in [1.82, 2.24) is 20.3 Å². The summed E-state index contributed by atoms with van der Waals surface area (Å²) in [7, 11) is -2.65. The molecule has 0 unspecified atom stereocenters. The number of benzene rings is 2. The molecule has 0 saturated carbocycles. The maximum atomic E-state index is 12.8. The fraction of sp³-hybridized carbons (Fsp3) is 0.231. The Labute approximate surface area is 215 Å². The largest absolute Gasteiger partial charge is 0.383 e. The number of rotatable bonds is 12. The number of aromatic nitrogens is 1. The van der Waals surface area contributed by atoms with Gasteiger partial charge in [-0.25, -0.2) is 13.1 Å². The summed E-state index contributed by atoms with van der Waals surface area (Å²) >= 11 is 0. The number of nitrogens with one attached hydrogen (secondary N) is 3. The van der Waals surface area contributed by atoms with E-state index in [0.29, 0.717) is 31.7 Å². The van der Waals surface area contributed by atoms with Crippen LogP contribution < -0.4 is 15.4 Å². The molecule has 1 heterocycles. The van der Waals surface area contributed by atoms with Crippen LogP contribution in [-0.2, 0) is 32.4 Å². The van der Waals surface area contributed by atoms with Gasteiger partial charge in [0.05, 0.1) is 23.5 Å². The zero-order chi connectivity index (χ0) is 26.7. The molecule has 0 aliphatic rings. The van der Waals surface area contributed by atoms with Gasteiger partial charge in [0.1, 0.15) is 5.69 Å². The minimum absolute atomic E-state index is 0.0192. The molecule has 0 fully saturated rings. The van der Waals surface area contributed by atoms with Gasteiger partial charge in [0.15, 0.2) is 0 Å². The van der Waals surface area contributed by atoms with Crippen LogP contribution in [0.25, 0.3) is 0 Å². The number of carbonyl (C=O) groups excluding carboxylic acids is 3. The molecule has 1 aromatic heterocycles. The summed E-state index contributed by atoms with van der Waals surface area (Å²) < 4.78 is 32.4. The van der Waals surface area contributed by atoms with E-state index < -0.39 is 21.8 Å². The van der Waals surface area contributed by atoms with Crippen molar-refractivity contribution >= 4 is 27.7 Å². The Hall–Kier alpha value is -4.09. The number of carbonyl (C=O) groups is 3. The van der Waals surface area contributed by atoms with Crippen molar-refractivity contribution in [3.05, 3.63) is 95.3 Å². The number of hydrogen-bond donors (Lipinski definition) is 3. The Morgan fingerprint density at radius 2 is 1.62 bits per heavy atom. The van der Waals surface area contributed by atoms with E-state index in [4.69, 9.17) is 4.74 Å². The molecule has 0 saturated heterocycles. The van der Waals surface area contributed by atoms with E-state index in [1.807, 2.05) is 35.1 Å². The molecule has 37 heavy (non-hydrogen) atoms. The highest BCUT2D eigenvalue weighted by Crippen LogP contribution is 2.13. The van der Waals surface area contributed by atoms with Crippen molar-refractivity contribution in [2.45, 2.75) is 17.7 Å². The quantitative estimate of drug-likeness (QED) is 0.305. The van der Waals surface area contributed by atoms with Crippen LogP contribution in [0.2, 0.25) is 0 Å². The minimum Gasteiger partial charge on any atom is -0.383 e. The molecule has 3 aromatic rings. The zero-order valence-corrected chi connectivity index (χ0v) is 21.1. The van der Waals surface area contributed by atoms with Crippen LogP contribution in [0, 0.1) is 0 Å². The van der Waals surface area contributed by atoms with Crippen LogP contribution in [0.5, 0.6) is 0 Å². The predicted molar refractivity (Wildman–Crippen MR) is 136 cm³/mol. The number of pyridine rings is 1. The summed E-state index contributed by atoms with van der Waals surface area (Å²) in [6.07, 6.45) is 1.80. The van der Waals surface area contributed by atoms with Gasteiger partial charge in [-0.2, -0.15) is 0 Å². The smallest absolute Gasteiger partial charge is 0.269 e. The predicted octanol–water partition coefficient (Wildman–Crippen LogP) is 1.48. The number of hydrogen-bond acceptors (Lipinski definition) is 7. The van der Waals surface area contributed by atoms with Crippen LogP contribution in [0.15, 0.2) is 77.8 Å². The SMILES string of the molecule is COCCNC(=O)c1ccc(C(=O)NS(=O)(=O)c2cccc(CCNC(=O)Cc3ccccc3)c2)cn1. The summed E-state index contributed by atoms with van der Waals surface area (Å²) in [5.74, 6) is -1.45. The third-order valence-corrected chi connectivity index (χ3v) is 6.56. The molecule has 0 spiro atoms. The third kappa shape index (κ3) is 8.51. The summed E-state index contributed by atoms with van der Waals surface area (Å²) in [6, 6.07) is 18.1. The van der Waals surface area contributed by atoms with E-state index >= 15 is 0 Å². The number of sulfonamides is 1. The molecule has 0 aliphatic heterocycles. The van der Waals surface area contributed by atoms with Gasteiger partial charge in [-0.3, -0.25) is 19.4 Å². The van der Waals surface area contributed by atoms with Gasteiger partial charge in [-0.05, 0) is 41.8 Å². The molecular formula is C26H28N4O6S. The highest BCUT2D eigenvalue weighted by atomic mass is 32.2. The molecule has 0 atom stereocenters. The van der Waals surface area contributed by atoms with Gasteiger partial charge < -0.3 is 15.4 Å². The average Bonchev–Trinajstić information content (AvgIpc) is 2.89. The lowest BCUT2D eigenvalue weighted by atomic mass is 10.1. The van der Waals surface area contributed by atoms with E-state index in [-0.39, 0.29) is 28.5 Å². The first-order chi connectivity index (χ1) is 17.8. The second-order valence-electron chi connectivity index (χ2n) is 8.03. The maximum absolute atomic E-state index is 12.8. The van der Waals surface area contributed by atoms with Crippen LogP contribution in [-0.4, -0.2) is 57.9 Å². The fourth-order valence-corrected chi connectivity index (χ4v) is 4.36. The molecule has 194 valence electrons. The molecule has 2 aromatic carbocycles. The van der Waals surface area contributed by atoms with Gasteiger partial charge in [0.2, 0.25) is 5.91 Å². The molecule has 0 bridgehead atoms. The zero-order valence-electron chi connectivity index (χ0n) is 20.3. The van der Waals surface area contributed by atoms with Crippen molar-refractivity contribution in [3.8, 4) is 0 Å². The van der Waals surface area contributed by atoms with Gasteiger partial charge in [-0.1, -0.05) is 42.5 Å². The van der Waals surface area contributed by atoms with Crippen LogP contribution in [0.3, 0.4) is 0 Å². The lowest BCUT2D eigenvalue weighted by Crippen LogP contribution is -2.31. The normalized spacial score (nSPS) is 10.9. The van der Waals surface area contributed by atoms with Crippen molar-refractivity contribution < 1.29 is 27.5 Å². The van der Waals surface area contributed by atoms with Crippen molar-refractivity contribution in [1.29, 1.82) is 0 Å². The first-order valence-corrected chi connectivity index (χ1v) is 13.0. The van der Waals surface area contributed by atoms with Gasteiger partial charge in [0, 0.05) is 26.4 Å². The number of nitrogens with zero attached hydrogens (tertiary/aromatic N) is 1. The third-order valence-electron chi connectivity index (χ3n) is 5.23. The van der Waals surface area contributed by atoms with Gasteiger partial charge in [-0.15, -0.1) is 0 Å². The Bertz CT molecular complexity index is 1330. The van der Waals surface area contributed by atoms with Crippen molar-refractivity contribution in [3.63, 3.8) is 0 Å². The van der Waals surface area contributed by atoms with Gasteiger partial charge >= 0.3 is 0 Å². The number of ether oxygens (including phenoxy) is 1. The first kappa shape index (κ1) is 27.5. The van der Waals surface area contributed by atoms with Gasteiger partial charge in [0.25, 0.3) is 21.8 Å². The van der Waals surface area contributed by atoms with Crippen LogP contribution in [0.1, 0.15) is 32.0 Å². The van der Waals surface area contributed by atoms with Crippen LogP contribution in [0.4, 0.5) is 0 Å². The molecule has 10 nitrogen and oxygen atoms in total. The first-order valence-electron chi connectivity index (χ1n) is 11.5. The van der Waals surface area contributed by atoms with E-state index in [9.17, 15) is 22.8 Å². The molecule has 3 N–H and O–H groups in total. The highest BCUT2D eigenvalue weighted by molar-refractivity contribution is 7.90. The summed E-state index contributed by atoms with van der Waals surface area (Å²) in [6.45, 7) is 0.976. The summed E-state index contributed by atoms with van der Waals surface area (Å²) in [4.78, 5) is 40.5. The second kappa shape index (κ2) is 13.3. The Balaban J connectivity index is 1.55. The molecule has 0 aliphatic carbocycles. The van der Waals surface area contributed by atoms with E-state index in [1.165, 1.54) is 31.4 Å². The number of amides is 3. The maximum Gasteiger partial charge on any atom is 0.269 e. The average molecular weight is 525 g/mol. The number of methoxy groups -OCH3 is 1. The van der Waals surface area contributed by atoms with E-state index in [0.717, 1.165) is 11.8 Å². The lowest BCUT2D eigenvalue weighted by Gasteiger charge is -2.10. The fourth-order valence-electron chi connectivity index (χ4n) is 3.32. The molecule has 3 amide bonds. The minimum atomic E-state index is -4.16. The Morgan fingerprint density at radius 3 is 2.32 bits per heavy atom. The van der Waals surface area contributed by atoms with Crippen molar-refractivity contribution in [2.75, 3.05) is 26.8 Å². The van der Waals surface area contributed by atoms with Crippen molar-refractivity contribution in [2.24, 2.45) is 0 Å². The second-order valence-corrected chi connectivity index (χ2v) is 9.71. The standard InChI is InChI=1S/C26H28N4O6S/c1-36-15-14-28-26(33)23-11-10-21(18-29-23)25(32)30-37(34,35)22-9-5-8-20(16-22)12-13-27-24(31)17-19-6-3-2-4-7-19/h2-11,16,18H,12-15,17H2,1H3,(H,27,31)(H,28,33)(H,30,32). The Morgan fingerprint density at radius 1 is 0.865 bits per heavy atom. The molecular weight excluding hydrogens is 496 g/mol. The Kier molecular flexibility index (Phi) is 9.87. The monoisotopic (exact) mass is 524 g/mol. The van der Waals surface area contributed by atoms with Crippen LogP contribution >= 0.6 is 0 Å². The molecule has 0 radical (unpaired) electrons. The van der Waals surface area contributed by atoms with E-state index in [1.54, 1.807) is 12.1 Å². The topological polar surface area (TPSA) is 144 Å². The molecule has 3 rings (SSSR count). The lowest BCUT2D eigenvalue weighted by molar-refractivity contribution is -0.120.